The first-order valence-electron chi connectivity index (χ1n) is 7.73. The van der Waals surface area contributed by atoms with E-state index in [4.69, 9.17) is 0 Å². The Hall–Kier alpha value is -1.76. The Bertz CT molecular complexity index is 616. The van der Waals surface area contributed by atoms with Gasteiger partial charge in [0.2, 0.25) is 0 Å². The average molecular weight is 284 g/mol. The first-order valence-corrected chi connectivity index (χ1v) is 7.73. The van der Waals surface area contributed by atoms with Crippen molar-refractivity contribution in [3.63, 3.8) is 0 Å². The zero-order valence-corrected chi connectivity index (χ0v) is 14.0. The third-order valence-corrected chi connectivity index (χ3v) is 4.63. The van der Waals surface area contributed by atoms with Crippen LogP contribution >= 0.6 is 0 Å². The highest BCUT2D eigenvalue weighted by molar-refractivity contribution is 5.48. The molecule has 1 atom stereocenters. The Morgan fingerprint density at radius 3 is 1.81 bits per heavy atom. The van der Waals surface area contributed by atoms with Crippen LogP contribution < -0.4 is 0 Å². The Kier molecular flexibility index (Phi) is 4.41. The van der Waals surface area contributed by atoms with Crippen molar-refractivity contribution >= 4 is 0 Å². The molecule has 21 heavy (non-hydrogen) atoms. The number of hydrogen-bond acceptors (Lipinski definition) is 1. The van der Waals surface area contributed by atoms with Gasteiger partial charge >= 0.3 is 0 Å². The van der Waals surface area contributed by atoms with Gasteiger partial charge in [-0.2, -0.15) is 0 Å². The van der Waals surface area contributed by atoms with Gasteiger partial charge in [0.15, 0.2) is 0 Å². The van der Waals surface area contributed by atoms with E-state index >= 15 is 0 Å². The van der Waals surface area contributed by atoms with Crippen LogP contribution in [0.3, 0.4) is 0 Å². The van der Waals surface area contributed by atoms with Crippen LogP contribution in [0.15, 0.2) is 24.3 Å². The number of benzene rings is 2. The summed E-state index contributed by atoms with van der Waals surface area (Å²) >= 11 is 0. The van der Waals surface area contributed by atoms with Crippen LogP contribution in [-0.2, 0) is 0 Å². The number of phenols is 1. The molecular weight excluding hydrogens is 256 g/mol. The van der Waals surface area contributed by atoms with Crippen molar-refractivity contribution < 1.29 is 6.53 Å². The van der Waals surface area contributed by atoms with E-state index in [2.05, 4.69) is 52.8 Å². The highest BCUT2D eigenvalue weighted by atomic mass is 16.3. The van der Waals surface area contributed by atoms with Crippen LogP contribution in [-0.4, -0.2) is 5.11 Å². The fourth-order valence-electron chi connectivity index (χ4n) is 3.16. The second-order valence-corrected chi connectivity index (χ2v) is 6.25. The van der Waals surface area contributed by atoms with Crippen molar-refractivity contribution in [3.8, 4) is 5.75 Å². The molecule has 1 heteroatoms. The van der Waals surface area contributed by atoms with Crippen molar-refractivity contribution in [2.75, 3.05) is 0 Å². The van der Waals surface area contributed by atoms with E-state index in [0.29, 0.717) is 11.7 Å². The standard InChI is InChI=1S/C20H26O.H2/c1-7-17(18-9-13(3)12(2)8-14(18)4)19-10-16(6)20(21)11-15(19)5;/h8-11,17,21H,7H2,1-6H3;1H. The number of aromatic hydroxyl groups is 1. The third kappa shape index (κ3) is 2.97. The lowest BCUT2D eigenvalue weighted by Crippen LogP contribution is -2.06. The zero-order valence-electron chi connectivity index (χ0n) is 14.0. The van der Waals surface area contributed by atoms with E-state index in [9.17, 15) is 5.11 Å². The molecule has 0 spiro atoms. The van der Waals surface area contributed by atoms with Crippen LogP contribution in [0.1, 0.15) is 59.6 Å². The molecule has 0 fully saturated rings. The maximum atomic E-state index is 9.88. The van der Waals surface area contributed by atoms with Gasteiger partial charge in [-0.1, -0.05) is 25.1 Å². The van der Waals surface area contributed by atoms with Gasteiger partial charge in [0.25, 0.3) is 0 Å². The highest BCUT2D eigenvalue weighted by Gasteiger charge is 2.18. The maximum absolute atomic E-state index is 9.88. The quantitative estimate of drug-likeness (QED) is 0.764. The smallest absolute Gasteiger partial charge is 0.118 e. The highest BCUT2D eigenvalue weighted by Crippen LogP contribution is 2.35. The molecule has 2 aromatic rings. The van der Waals surface area contributed by atoms with Crippen molar-refractivity contribution in [1.29, 1.82) is 0 Å². The molecule has 1 unspecified atom stereocenters. The Morgan fingerprint density at radius 1 is 0.762 bits per heavy atom. The largest absolute Gasteiger partial charge is 0.508 e. The summed E-state index contributed by atoms with van der Waals surface area (Å²) in [5.41, 5.74) is 8.92. The van der Waals surface area contributed by atoms with Gasteiger partial charge in [-0.25, -0.2) is 0 Å². The van der Waals surface area contributed by atoms with Gasteiger partial charge in [0.05, 0.1) is 0 Å². The summed E-state index contributed by atoms with van der Waals surface area (Å²) in [6.07, 6.45) is 1.06. The molecule has 0 heterocycles. The molecule has 0 saturated heterocycles. The molecule has 0 radical (unpaired) electrons. The first kappa shape index (κ1) is 15.6. The lowest BCUT2D eigenvalue weighted by molar-refractivity contribution is 0.470. The summed E-state index contributed by atoms with van der Waals surface area (Å²) < 4.78 is 0. The topological polar surface area (TPSA) is 20.2 Å². The molecule has 2 rings (SSSR count). The molecule has 2 aromatic carbocycles. The molecule has 0 aliphatic rings. The minimum Gasteiger partial charge on any atom is -0.508 e. The number of aryl methyl sites for hydroxylation is 5. The maximum Gasteiger partial charge on any atom is 0.118 e. The van der Waals surface area contributed by atoms with Gasteiger partial charge < -0.3 is 5.11 Å². The summed E-state index contributed by atoms with van der Waals surface area (Å²) in [5.74, 6) is 0.784. The van der Waals surface area contributed by atoms with Gasteiger partial charge in [0.1, 0.15) is 5.75 Å². The van der Waals surface area contributed by atoms with Crippen LogP contribution in [0.25, 0.3) is 0 Å². The van der Waals surface area contributed by atoms with Crippen molar-refractivity contribution in [2.24, 2.45) is 0 Å². The summed E-state index contributed by atoms with van der Waals surface area (Å²) in [6, 6.07) is 8.66. The predicted octanol–water partition coefficient (Wildman–Crippen LogP) is 5.72. The van der Waals surface area contributed by atoms with E-state index in [0.717, 1.165) is 12.0 Å². The molecule has 0 aliphatic carbocycles. The van der Waals surface area contributed by atoms with Crippen LogP contribution in [0.2, 0.25) is 0 Å². The van der Waals surface area contributed by atoms with Crippen LogP contribution in [0, 0.1) is 34.6 Å². The number of hydrogen-bond donors (Lipinski definition) is 1. The van der Waals surface area contributed by atoms with Crippen LogP contribution in [0.4, 0.5) is 0 Å². The molecule has 1 nitrogen and oxygen atoms in total. The summed E-state index contributed by atoms with van der Waals surface area (Å²) in [7, 11) is 0. The lowest BCUT2D eigenvalue weighted by atomic mass is 9.82. The summed E-state index contributed by atoms with van der Waals surface area (Å²) in [5, 5.41) is 9.88. The molecule has 0 amide bonds. The molecule has 0 aliphatic heterocycles. The van der Waals surface area contributed by atoms with Gasteiger partial charge in [-0.15, -0.1) is 0 Å². The third-order valence-electron chi connectivity index (χ3n) is 4.63. The minimum absolute atomic E-state index is 0. The molecule has 0 aromatic heterocycles. The average Bonchev–Trinajstić information content (AvgIpc) is 2.42. The van der Waals surface area contributed by atoms with Gasteiger partial charge in [-0.05, 0) is 86.1 Å². The van der Waals surface area contributed by atoms with Gasteiger partial charge in [-0.3, -0.25) is 0 Å². The van der Waals surface area contributed by atoms with E-state index in [1.165, 1.54) is 33.4 Å². The molecule has 1 N–H and O–H groups in total. The fourth-order valence-corrected chi connectivity index (χ4v) is 3.16. The normalized spacial score (nSPS) is 12.5. The Morgan fingerprint density at radius 2 is 1.24 bits per heavy atom. The van der Waals surface area contributed by atoms with E-state index < -0.39 is 0 Å². The number of rotatable bonds is 3. The monoisotopic (exact) mass is 284 g/mol. The van der Waals surface area contributed by atoms with Crippen LogP contribution in [0.5, 0.6) is 5.75 Å². The summed E-state index contributed by atoms with van der Waals surface area (Å²) in [6.45, 7) is 12.8. The lowest BCUT2D eigenvalue weighted by Gasteiger charge is -2.22. The van der Waals surface area contributed by atoms with E-state index in [-0.39, 0.29) is 1.43 Å². The van der Waals surface area contributed by atoms with Crippen molar-refractivity contribution in [1.82, 2.24) is 0 Å². The van der Waals surface area contributed by atoms with E-state index in [1.807, 2.05) is 13.0 Å². The van der Waals surface area contributed by atoms with Crippen molar-refractivity contribution in [3.05, 3.63) is 63.2 Å². The van der Waals surface area contributed by atoms with Crippen molar-refractivity contribution in [2.45, 2.75) is 53.9 Å². The molecule has 0 saturated carbocycles. The first-order chi connectivity index (χ1) is 9.85. The fraction of sp³-hybridized carbons (Fsp3) is 0.400. The Labute approximate surface area is 130 Å². The van der Waals surface area contributed by atoms with Gasteiger partial charge in [0, 0.05) is 7.34 Å². The second-order valence-electron chi connectivity index (χ2n) is 6.25. The minimum atomic E-state index is 0. The summed E-state index contributed by atoms with van der Waals surface area (Å²) in [4.78, 5) is 0. The number of phenolic OH excluding ortho intramolecular Hbond substituents is 1. The Balaban J connectivity index is 0.00000242. The molecule has 0 bridgehead atoms. The predicted molar refractivity (Wildman–Crippen MR) is 92.5 cm³/mol. The molecular formula is C20H28O. The second kappa shape index (κ2) is 5.93. The van der Waals surface area contributed by atoms with E-state index in [1.54, 1.807) is 0 Å². The molecule has 114 valence electrons. The SMILES string of the molecule is CCC(c1cc(C)c(C)cc1C)c1cc(C)c(O)cc1C.[HH]. The zero-order chi connectivity index (χ0) is 15.7.